The lowest BCUT2D eigenvalue weighted by atomic mass is 9.65. The van der Waals surface area contributed by atoms with Crippen LogP contribution in [-0.2, 0) is 11.2 Å². The Morgan fingerprint density at radius 3 is 2.78 bits per heavy atom. The molecule has 1 aliphatic carbocycles. The molecule has 1 aromatic carbocycles. The number of phenols is 1. The monoisotopic (exact) mass is 369 g/mol. The molecule has 1 amide bonds. The van der Waals surface area contributed by atoms with E-state index in [0.717, 1.165) is 36.8 Å². The first-order chi connectivity index (χ1) is 12.6. The van der Waals surface area contributed by atoms with Crippen LogP contribution in [0.2, 0.25) is 0 Å². The number of hydrogen-bond donors (Lipinski definition) is 1. The molecule has 2 fully saturated rings. The molecule has 2 atom stereocenters. The van der Waals surface area contributed by atoms with Crippen LogP contribution in [0.5, 0.6) is 5.75 Å². The van der Waals surface area contributed by atoms with Gasteiger partial charge in [0.2, 0.25) is 5.91 Å². The second-order valence-corrected chi connectivity index (χ2v) is 9.59. The van der Waals surface area contributed by atoms with E-state index in [0.29, 0.717) is 11.1 Å². The quantitative estimate of drug-likeness (QED) is 0.818. The molecule has 27 heavy (non-hydrogen) atoms. The zero-order valence-corrected chi connectivity index (χ0v) is 16.5. The molecule has 1 saturated heterocycles. The van der Waals surface area contributed by atoms with Crippen molar-refractivity contribution in [2.45, 2.75) is 59.4 Å². The van der Waals surface area contributed by atoms with Crippen molar-refractivity contribution in [3.05, 3.63) is 39.7 Å². The van der Waals surface area contributed by atoms with Gasteiger partial charge in [-0.1, -0.05) is 20.8 Å². The number of aromatic hydroxyl groups is 1. The minimum absolute atomic E-state index is 0.00922. The van der Waals surface area contributed by atoms with Crippen LogP contribution in [-0.4, -0.2) is 28.5 Å². The molecule has 2 aliphatic rings. The van der Waals surface area contributed by atoms with Gasteiger partial charge >= 0.3 is 5.63 Å². The van der Waals surface area contributed by atoms with Gasteiger partial charge in [-0.3, -0.25) is 4.79 Å². The Labute approximate surface area is 159 Å². The fourth-order valence-electron chi connectivity index (χ4n) is 5.59. The molecule has 0 unspecified atom stereocenters. The summed E-state index contributed by atoms with van der Waals surface area (Å²) in [4.78, 5) is 27.6. The van der Waals surface area contributed by atoms with E-state index in [9.17, 15) is 14.7 Å². The van der Waals surface area contributed by atoms with Crippen LogP contribution < -0.4 is 5.63 Å². The Morgan fingerprint density at radius 1 is 1.30 bits per heavy atom. The summed E-state index contributed by atoms with van der Waals surface area (Å²) in [6.45, 7) is 9.44. The van der Waals surface area contributed by atoms with Crippen molar-refractivity contribution in [1.82, 2.24) is 4.90 Å². The lowest BCUT2D eigenvalue weighted by Crippen LogP contribution is -2.39. The Balaban J connectivity index is 1.64. The number of amides is 1. The Morgan fingerprint density at radius 2 is 2.04 bits per heavy atom. The first-order valence-electron chi connectivity index (χ1n) is 9.62. The third-order valence-electron chi connectivity index (χ3n) is 6.33. The molecule has 0 spiro atoms. The highest BCUT2D eigenvalue weighted by molar-refractivity contribution is 5.85. The molecule has 4 rings (SSSR count). The highest BCUT2D eigenvalue weighted by atomic mass is 16.4. The summed E-state index contributed by atoms with van der Waals surface area (Å²) in [5.74, 6) is 0.0593. The highest BCUT2D eigenvalue weighted by Gasteiger charge is 2.50. The second-order valence-electron chi connectivity index (χ2n) is 9.59. The van der Waals surface area contributed by atoms with Crippen LogP contribution in [0, 0.1) is 17.8 Å². The summed E-state index contributed by atoms with van der Waals surface area (Å²) < 4.78 is 5.37. The smallest absolute Gasteiger partial charge is 0.340 e. The maximum absolute atomic E-state index is 13.1. The van der Waals surface area contributed by atoms with E-state index in [-0.39, 0.29) is 34.9 Å². The first-order valence-corrected chi connectivity index (χ1v) is 9.62. The van der Waals surface area contributed by atoms with Crippen LogP contribution in [0.15, 0.2) is 27.4 Å². The van der Waals surface area contributed by atoms with Crippen LogP contribution in [0.3, 0.4) is 0 Å². The van der Waals surface area contributed by atoms with Crippen molar-refractivity contribution in [3.63, 3.8) is 0 Å². The summed E-state index contributed by atoms with van der Waals surface area (Å²) in [5, 5.41) is 10.4. The van der Waals surface area contributed by atoms with Crippen molar-refractivity contribution >= 4 is 16.9 Å². The molecule has 5 heteroatoms. The number of benzene rings is 1. The minimum atomic E-state index is -0.493. The van der Waals surface area contributed by atoms with Crippen LogP contribution in [0.4, 0.5) is 0 Å². The average Bonchev–Trinajstić information content (AvgIpc) is 2.80. The zero-order valence-electron chi connectivity index (χ0n) is 16.5. The number of likely N-dealkylation sites (tertiary alicyclic amines) is 1. The van der Waals surface area contributed by atoms with Gasteiger partial charge in [-0.2, -0.15) is 0 Å². The number of hydrogen-bond acceptors (Lipinski definition) is 4. The third kappa shape index (κ3) is 3.13. The molecule has 1 aromatic heterocycles. The number of aryl methyl sites for hydroxylation is 1. The number of carbonyl (C=O) groups is 1. The van der Waals surface area contributed by atoms with Gasteiger partial charge in [-0.25, -0.2) is 4.79 Å². The maximum atomic E-state index is 13.1. The predicted molar refractivity (Wildman–Crippen MR) is 104 cm³/mol. The van der Waals surface area contributed by atoms with Gasteiger partial charge < -0.3 is 14.4 Å². The fourth-order valence-corrected chi connectivity index (χ4v) is 5.59. The number of phenolic OH excluding ortho intramolecular Hbond substituents is 1. The van der Waals surface area contributed by atoms with Crippen molar-refractivity contribution in [1.29, 1.82) is 0 Å². The molecule has 1 N–H and O–H groups in total. The number of fused-ring (bicyclic) bond motifs is 3. The van der Waals surface area contributed by atoms with Gasteiger partial charge in [0.1, 0.15) is 11.3 Å². The SMILES string of the molecule is Cc1c(CC(=O)N2C[C@]3(C)C[C@H]2CC(C)(C)C3)c(=O)oc2cc(O)ccc12. The van der Waals surface area contributed by atoms with E-state index in [2.05, 4.69) is 20.8 Å². The van der Waals surface area contributed by atoms with E-state index >= 15 is 0 Å². The van der Waals surface area contributed by atoms with Gasteiger partial charge in [0.05, 0.1) is 12.0 Å². The second kappa shape index (κ2) is 5.85. The van der Waals surface area contributed by atoms with Crippen molar-refractivity contribution in [2.75, 3.05) is 6.54 Å². The van der Waals surface area contributed by atoms with Crippen molar-refractivity contribution in [2.24, 2.45) is 10.8 Å². The van der Waals surface area contributed by atoms with E-state index in [1.54, 1.807) is 12.1 Å². The molecular formula is C22H27NO4. The molecule has 1 aliphatic heterocycles. The van der Waals surface area contributed by atoms with Gasteiger partial charge in [0.25, 0.3) is 0 Å². The maximum Gasteiger partial charge on any atom is 0.340 e. The number of nitrogens with zero attached hydrogens (tertiary/aromatic N) is 1. The van der Waals surface area contributed by atoms with Gasteiger partial charge in [0.15, 0.2) is 0 Å². The minimum Gasteiger partial charge on any atom is -0.508 e. The van der Waals surface area contributed by atoms with E-state index < -0.39 is 5.63 Å². The summed E-state index contributed by atoms with van der Waals surface area (Å²) in [7, 11) is 0. The van der Waals surface area contributed by atoms with E-state index in [4.69, 9.17) is 4.42 Å². The number of carbonyl (C=O) groups excluding carboxylic acids is 1. The largest absolute Gasteiger partial charge is 0.508 e. The van der Waals surface area contributed by atoms with Crippen LogP contribution >= 0.6 is 0 Å². The summed E-state index contributed by atoms with van der Waals surface area (Å²) in [6.07, 6.45) is 3.25. The molecule has 5 nitrogen and oxygen atoms in total. The average molecular weight is 369 g/mol. The summed E-state index contributed by atoms with van der Waals surface area (Å²) in [6, 6.07) is 4.98. The van der Waals surface area contributed by atoms with Gasteiger partial charge in [-0.15, -0.1) is 0 Å². The molecule has 0 radical (unpaired) electrons. The molecule has 2 aromatic rings. The standard InChI is InChI=1S/C22H27NO4/c1-13-16-6-5-15(24)7-18(16)27-20(26)17(13)8-19(25)23-12-22(4)10-14(23)9-21(2,3)11-22/h5-7,14,24H,8-12H2,1-4H3/t14-,22-/m1/s1. The molecule has 1 saturated carbocycles. The highest BCUT2D eigenvalue weighted by Crippen LogP contribution is 2.52. The molecular weight excluding hydrogens is 342 g/mol. The van der Waals surface area contributed by atoms with Gasteiger partial charge in [-0.05, 0) is 54.7 Å². The molecule has 144 valence electrons. The molecule has 2 heterocycles. The summed E-state index contributed by atoms with van der Waals surface area (Å²) >= 11 is 0. The Bertz CT molecular complexity index is 990. The summed E-state index contributed by atoms with van der Waals surface area (Å²) in [5.41, 5.74) is 1.44. The topological polar surface area (TPSA) is 70.8 Å². The van der Waals surface area contributed by atoms with Crippen LogP contribution in [0.25, 0.3) is 11.0 Å². The first kappa shape index (κ1) is 18.1. The lowest BCUT2D eigenvalue weighted by molar-refractivity contribution is -0.131. The Kier molecular flexibility index (Phi) is 3.92. The lowest BCUT2D eigenvalue weighted by Gasteiger charge is -2.39. The van der Waals surface area contributed by atoms with E-state index in [1.165, 1.54) is 6.07 Å². The Hall–Kier alpha value is -2.30. The van der Waals surface area contributed by atoms with Gasteiger partial charge in [0, 0.05) is 24.0 Å². The van der Waals surface area contributed by atoms with Crippen LogP contribution in [0.1, 0.15) is 51.2 Å². The van der Waals surface area contributed by atoms with E-state index in [1.807, 2.05) is 11.8 Å². The van der Waals surface area contributed by atoms with Crippen molar-refractivity contribution < 1.29 is 14.3 Å². The van der Waals surface area contributed by atoms with Crippen molar-refractivity contribution in [3.8, 4) is 5.75 Å². The molecule has 2 bridgehead atoms. The predicted octanol–water partition coefficient (Wildman–Crippen LogP) is 3.78. The third-order valence-corrected chi connectivity index (χ3v) is 6.33. The number of rotatable bonds is 2. The normalized spacial score (nSPS) is 26.5. The zero-order chi connectivity index (χ0) is 19.6. The fraction of sp³-hybridized carbons (Fsp3) is 0.545.